The minimum absolute atomic E-state index is 0.151. The second-order valence-electron chi connectivity index (χ2n) is 4.42. The highest BCUT2D eigenvalue weighted by atomic mass is 16.7. The number of nitrogens with two attached hydrogens (primary N) is 2. The van der Waals surface area contributed by atoms with Crippen LogP contribution in [-0.2, 0) is 4.84 Å². The lowest BCUT2D eigenvalue weighted by Crippen LogP contribution is -2.47. The van der Waals surface area contributed by atoms with Crippen molar-refractivity contribution in [3.63, 3.8) is 0 Å². The van der Waals surface area contributed by atoms with Gasteiger partial charge in [0.15, 0.2) is 0 Å². The highest BCUT2D eigenvalue weighted by Crippen LogP contribution is 2.13. The fourth-order valence-electron chi connectivity index (χ4n) is 1.83. The number of anilines is 3. The van der Waals surface area contributed by atoms with Crippen molar-refractivity contribution >= 4 is 17.8 Å². The Kier molecular flexibility index (Phi) is 3.78. The average Bonchev–Trinajstić information content (AvgIpc) is 2.27. The first-order valence-electron chi connectivity index (χ1n) is 5.98. The minimum Gasteiger partial charge on any atom is -0.368 e. The summed E-state index contributed by atoms with van der Waals surface area (Å²) in [5.41, 5.74) is 11.1. The molecule has 1 fully saturated rings. The molecule has 2 heterocycles. The van der Waals surface area contributed by atoms with Crippen molar-refractivity contribution in [1.29, 1.82) is 0 Å². The molecule has 4 N–H and O–H groups in total. The lowest BCUT2D eigenvalue weighted by atomic mass is 10.4. The second kappa shape index (κ2) is 5.32. The maximum Gasteiger partial charge on any atom is 0.232 e. The lowest BCUT2D eigenvalue weighted by molar-refractivity contribution is -0.189. The third-order valence-electron chi connectivity index (χ3n) is 2.54. The average molecular weight is 253 g/mol. The van der Waals surface area contributed by atoms with Crippen LogP contribution in [0.15, 0.2) is 0 Å². The van der Waals surface area contributed by atoms with Gasteiger partial charge in [-0.05, 0) is 13.8 Å². The van der Waals surface area contributed by atoms with E-state index in [1.54, 1.807) is 0 Å². The third kappa shape index (κ3) is 3.17. The molecule has 0 spiro atoms. The number of nitrogen functional groups attached to an aromatic ring is 2. The van der Waals surface area contributed by atoms with E-state index < -0.39 is 0 Å². The fraction of sp³-hybridized carbons (Fsp3) is 0.700. The van der Waals surface area contributed by atoms with Crippen LogP contribution < -0.4 is 16.4 Å². The molecule has 2 rings (SSSR count). The van der Waals surface area contributed by atoms with Gasteiger partial charge in [0.05, 0.1) is 6.10 Å². The van der Waals surface area contributed by atoms with E-state index in [9.17, 15) is 0 Å². The van der Waals surface area contributed by atoms with Crippen LogP contribution in [0.2, 0.25) is 0 Å². The number of hydroxylamine groups is 2. The molecule has 0 aliphatic carbocycles. The smallest absolute Gasteiger partial charge is 0.232 e. The Hall–Kier alpha value is -1.67. The van der Waals surface area contributed by atoms with Crippen LogP contribution in [0.25, 0.3) is 0 Å². The molecule has 0 unspecified atom stereocenters. The standard InChI is InChI=1S/C10H19N7O/c1-7(2)18-17-5-3-16(4-6-17)10-14-8(11)13-9(12)15-10/h7H,3-6H2,1-2H3,(H4,11,12,13,14,15). The summed E-state index contributed by atoms with van der Waals surface area (Å²) < 4.78 is 0. The van der Waals surface area contributed by atoms with Crippen LogP contribution in [0.5, 0.6) is 0 Å². The maximum absolute atomic E-state index is 5.63. The Morgan fingerprint density at radius 3 is 2.06 bits per heavy atom. The summed E-state index contributed by atoms with van der Waals surface area (Å²) in [6.45, 7) is 7.16. The Labute approximate surface area is 106 Å². The van der Waals surface area contributed by atoms with E-state index in [4.69, 9.17) is 16.3 Å². The van der Waals surface area contributed by atoms with E-state index in [2.05, 4.69) is 15.0 Å². The van der Waals surface area contributed by atoms with Crippen LogP contribution in [0, 0.1) is 0 Å². The molecule has 0 atom stereocenters. The van der Waals surface area contributed by atoms with Gasteiger partial charge in [-0.25, -0.2) is 0 Å². The molecule has 1 aliphatic rings. The van der Waals surface area contributed by atoms with E-state index in [1.165, 1.54) is 0 Å². The molecular formula is C10H19N7O. The predicted octanol–water partition coefficient (Wildman–Crippen LogP) is -0.502. The number of nitrogens with zero attached hydrogens (tertiary/aromatic N) is 5. The summed E-state index contributed by atoms with van der Waals surface area (Å²) in [5, 5.41) is 1.95. The van der Waals surface area contributed by atoms with Crippen LogP contribution in [0.1, 0.15) is 13.8 Å². The molecule has 0 bridgehead atoms. The largest absolute Gasteiger partial charge is 0.368 e. The van der Waals surface area contributed by atoms with Gasteiger partial charge in [0.2, 0.25) is 17.8 Å². The van der Waals surface area contributed by atoms with Crippen molar-refractivity contribution in [2.24, 2.45) is 0 Å². The molecule has 18 heavy (non-hydrogen) atoms. The normalized spacial score (nSPS) is 17.4. The monoisotopic (exact) mass is 253 g/mol. The van der Waals surface area contributed by atoms with Gasteiger partial charge < -0.3 is 16.4 Å². The SMILES string of the molecule is CC(C)ON1CCN(c2nc(N)nc(N)n2)CC1. The molecule has 1 saturated heterocycles. The van der Waals surface area contributed by atoms with Gasteiger partial charge in [-0.2, -0.15) is 20.0 Å². The molecule has 8 heteroatoms. The molecule has 0 aromatic carbocycles. The van der Waals surface area contributed by atoms with Crippen molar-refractivity contribution in [1.82, 2.24) is 20.0 Å². The molecular weight excluding hydrogens is 234 g/mol. The maximum atomic E-state index is 5.63. The van der Waals surface area contributed by atoms with Gasteiger partial charge in [-0.3, -0.25) is 4.84 Å². The zero-order chi connectivity index (χ0) is 13.1. The number of aromatic nitrogens is 3. The van der Waals surface area contributed by atoms with Crippen molar-refractivity contribution in [3.05, 3.63) is 0 Å². The minimum atomic E-state index is 0.151. The highest BCUT2D eigenvalue weighted by Gasteiger charge is 2.20. The number of hydrogen-bond acceptors (Lipinski definition) is 8. The van der Waals surface area contributed by atoms with Crippen LogP contribution in [0.4, 0.5) is 17.8 Å². The second-order valence-corrected chi connectivity index (χ2v) is 4.42. The molecule has 1 aromatic heterocycles. The van der Waals surface area contributed by atoms with E-state index in [0.29, 0.717) is 5.95 Å². The first-order chi connectivity index (χ1) is 8.54. The Balaban J connectivity index is 1.96. The van der Waals surface area contributed by atoms with E-state index in [1.807, 2.05) is 23.8 Å². The van der Waals surface area contributed by atoms with Gasteiger partial charge in [0, 0.05) is 26.2 Å². The Morgan fingerprint density at radius 2 is 1.56 bits per heavy atom. The molecule has 100 valence electrons. The summed E-state index contributed by atoms with van der Waals surface area (Å²) in [5.74, 6) is 0.834. The van der Waals surface area contributed by atoms with Gasteiger partial charge in [-0.1, -0.05) is 0 Å². The molecule has 1 aromatic rings. The van der Waals surface area contributed by atoms with E-state index in [0.717, 1.165) is 26.2 Å². The van der Waals surface area contributed by atoms with Gasteiger partial charge in [-0.15, -0.1) is 0 Å². The first-order valence-corrected chi connectivity index (χ1v) is 5.98. The van der Waals surface area contributed by atoms with Gasteiger partial charge in [0.25, 0.3) is 0 Å². The number of piperazine rings is 1. The summed E-state index contributed by atoms with van der Waals surface area (Å²) >= 11 is 0. The molecule has 0 amide bonds. The van der Waals surface area contributed by atoms with Crippen molar-refractivity contribution < 1.29 is 4.84 Å². The summed E-state index contributed by atoms with van der Waals surface area (Å²) in [6.07, 6.45) is 0.194. The quantitative estimate of drug-likeness (QED) is 0.742. The Bertz CT molecular complexity index is 383. The van der Waals surface area contributed by atoms with Crippen LogP contribution in [0.3, 0.4) is 0 Å². The van der Waals surface area contributed by atoms with Crippen LogP contribution >= 0.6 is 0 Å². The van der Waals surface area contributed by atoms with Crippen molar-refractivity contribution in [2.45, 2.75) is 20.0 Å². The fourth-order valence-corrected chi connectivity index (χ4v) is 1.83. The number of hydrogen-bond donors (Lipinski definition) is 2. The molecule has 0 radical (unpaired) electrons. The number of rotatable bonds is 3. The summed E-state index contributed by atoms with van der Waals surface area (Å²) in [4.78, 5) is 19.6. The molecule has 8 nitrogen and oxygen atoms in total. The van der Waals surface area contributed by atoms with Crippen molar-refractivity contribution in [2.75, 3.05) is 42.5 Å². The van der Waals surface area contributed by atoms with E-state index >= 15 is 0 Å². The first kappa shape index (κ1) is 12.8. The van der Waals surface area contributed by atoms with Crippen molar-refractivity contribution in [3.8, 4) is 0 Å². The molecule has 1 aliphatic heterocycles. The topological polar surface area (TPSA) is 106 Å². The zero-order valence-corrected chi connectivity index (χ0v) is 10.7. The van der Waals surface area contributed by atoms with Crippen LogP contribution in [-0.4, -0.2) is 52.3 Å². The lowest BCUT2D eigenvalue weighted by Gasteiger charge is -2.34. The third-order valence-corrected chi connectivity index (χ3v) is 2.54. The zero-order valence-electron chi connectivity index (χ0n) is 10.7. The predicted molar refractivity (Wildman–Crippen MR) is 68.7 cm³/mol. The van der Waals surface area contributed by atoms with Gasteiger partial charge in [0.1, 0.15) is 0 Å². The van der Waals surface area contributed by atoms with E-state index in [-0.39, 0.29) is 18.0 Å². The molecule has 0 saturated carbocycles. The summed E-state index contributed by atoms with van der Waals surface area (Å²) in [7, 11) is 0. The summed E-state index contributed by atoms with van der Waals surface area (Å²) in [6, 6.07) is 0. The highest BCUT2D eigenvalue weighted by molar-refractivity contribution is 5.39. The Morgan fingerprint density at radius 1 is 1.00 bits per heavy atom. The van der Waals surface area contributed by atoms with Gasteiger partial charge >= 0.3 is 0 Å².